The molecule has 0 aromatic carbocycles. The molecule has 1 amide bonds. The Balaban J connectivity index is 1.85. The average molecular weight is 245 g/mol. The van der Waals surface area contributed by atoms with Crippen molar-refractivity contribution in [2.24, 2.45) is 5.73 Å². The minimum Gasteiger partial charge on any atom is -0.369 e. The summed E-state index contributed by atoms with van der Waals surface area (Å²) >= 11 is 0. The number of H-pyrrole nitrogens is 1. The standard InChI is InChI=1S/C10H11N7O/c11-8(18)10-14-9(15-16-10)6-1-2-17-5-12-4-7(17)13-3-6/h1-2,4-6,13H,3H2,(H2,11,18)(H,14,15,16). The SMILES string of the molecule is NC(=O)c1n[nH]c(C2C=Cn3cncc3NC2)n1. The van der Waals surface area contributed by atoms with Crippen LogP contribution in [0, 0.1) is 0 Å². The fourth-order valence-corrected chi connectivity index (χ4v) is 1.78. The van der Waals surface area contributed by atoms with Gasteiger partial charge in [-0.3, -0.25) is 14.5 Å². The highest BCUT2D eigenvalue weighted by Crippen LogP contribution is 2.19. The maximum Gasteiger partial charge on any atom is 0.288 e. The Morgan fingerprint density at radius 2 is 2.44 bits per heavy atom. The van der Waals surface area contributed by atoms with Crippen LogP contribution in [0.1, 0.15) is 22.4 Å². The second-order valence-corrected chi connectivity index (χ2v) is 3.92. The second kappa shape index (κ2) is 3.99. The number of imidazole rings is 1. The lowest BCUT2D eigenvalue weighted by Crippen LogP contribution is -2.14. The number of nitrogens with zero attached hydrogens (tertiary/aromatic N) is 4. The van der Waals surface area contributed by atoms with Gasteiger partial charge in [-0.15, -0.1) is 5.10 Å². The molecule has 8 nitrogen and oxygen atoms in total. The number of nitrogens with two attached hydrogens (primary N) is 1. The van der Waals surface area contributed by atoms with Crippen LogP contribution >= 0.6 is 0 Å². The monoisotopic (exact) mass is 245 g/mol. The van der Waals surface area contributed by atoms with Gasteiger partial charge in [-0.1, -0.05) is 6.08 Å². The smallest absolute Gasteiger partial charge is 0.288 e. The lowest BCUT2D eigenvalue weighted by molar-refractivity contribution is 0.0991. The molecule has 92 valence electrons. The molecule has 18 heavy (non-hydrogen) atoms. The van der Waals surface area contributed by atoms with Gasteiger partial charge < -0.3 is 11.1 Å². The van der Waals surface area contributed by atoms with Gasteiger partial charge in [0.05, 0.1) is 12.1 Å². The van der Waals surface area contributed by atoms with Gasteiger partial charge in [0, 0.05) is 12.7 Å². The molecule has 0 spiro atoms. The first kappa shape index (κ1) is 10.5. The van der Waals surface area contributed by atoms with Crippen LogP contribution in [0.5, 0.6) is 0 Å². The van der Waals surface area contributed by atoms with Gasteiger partial charge >= 0.3 is 0 Å². The highest BCUT2D eigenvalue weighted by atomic mass is 16.1. The number of amides is 1. The molecule has 0 saturated carbocycles. The maximum atomic E-state index is 10.9. The number of carbonyl (C=O) groups is 1. The zero-order valence-electron chi connectivity index (χ0n) is 9.37. The number of anilines is 1. The minimum atomic E-state index is -0.640. The number of aromatic nitrogens is 5. The third kappa shape index (κ3) is 1.73. The van der Waals surface area contributed by atoms with Gasteiger partial charge in [-0.25, -0.2) is 9.97 Å². The second-order valence-electron chi connectivity index (χ2n) is 3.92. The van der Waals surface area contributed by atoms with E-state index in [0.717, 1.165) is 5.82 Å². The number of hydrogen-bond donors (Lipinski definition) is 3. The van der Waals surface area contributed by atoms with Crippen molar-refractivity contribution in [1.29, 1.82) is 0 Å². The summed E-state index contributed by atoms with van der Waals surface area (Å²) in [7, 11) is 0. The van der Waals surface area contributed by atoms with Crippen molar-refractivity contribution in [1.82, 2.24) is 24.7 Å². The summed E-state index contributed by atoms with van der Waals surface area (Å²) in [5.74, 6) is 0.864. The van der Waals surface area contributed by atoms with Crippen molar-refractivity contribution in [3.05, 3.63) is 30.2 Å². The summed E-state index contributed by atoms with van der Waals surface area (Å²) in [6, 6.07) is 0. The number of primary amides is 1. The third-order valence-electron chi connectivity index (χ3n) is 2.72. The Morgan fingerprint density at radius 3 is 3.22 bits per heavy atom. The van der Waals surface area contributed by atoms with Gasteiger partial charge in [0.1, 0.15) is 18.0 Å². The highest BCUT2D eigenvalue weighted by molar-refractivity contribution is 5.88. The van der Waals surface area contributed by atoms with Gasteiger partial charge in [0.15, 0.2) is 0 Å². The largest absolute Gasteiger partial charge is 0.369 e. The molecule has 4 N–H and O–H groups in total. The lowest BCUT2D eigenvalue weighted by Gasteiger charge is -2.07. The van der Waals surface area contributed by atoms with E-state index in [4.69, 9.17) is 5.73 Å². The van der Waals surface area contributed by atoms with Crippen LogP contribution in [0.4, 0.5) is 5.82 Å². The van der Waals surface area contributed by atoms with Crippen molar-refractivity contribution in [3.63, 3.8) is 0 Å². The number of carbonyl (C=O) groups excluding carboxylic acids is 1. The van der Waals surface area contributed by atoms with E-state index in [1.807, 2.05) is 16.8 Å². The van der Waals surface area contributed by atoms with Crippen LogP contribution in [0.2, 0.25) is 0 Å². The van der Waals surface area contributed by atoms with Crippen LogP contribution in [0.15, 0.2) is 18.6 Å². The number of fused-ring (bicyclic) bond motifs is 1. The molecule has 2 aromatic heterocycles. The van der Waals surface area contributed by atoms with Crippen LogP contribution in [-0.4, -0.2) is 37.2 Å². The quantitative estimate of drug-likeness (QED) is 0.676. The predicted octanol–water partition coefficient (Wildman–Crippen LogP) is -0.220. The fourth-order valence-electron chi connectivity index (χ4n) is 1.78. The summed E-state index contributed by atoms with van der Waals surface area (Å²) in [5.41, 5.74) is 5.11. The van der Waals surface area contributed by atoms with Gasteiger partial charge in [-0.2, -0.15) is 0 Å². The van der Waals surface area contributed by atoms with Crippen molar-refractivity contribution in [2.45, 2.75) is 5.92 Å². The van der Waals surface area contributed by atoms with E-state index in [2.05, 4.69) is 25.5 Å². The molecule has 1 aliphatic rings. The molecule has 1 atom stereocenters. The Hall–Kier alpha value is -2.64. The molecule has 0 aliphatic carbocycles. The molecule has 0 fully saturated rings. The average Bonchev–Trinajstić information content (AvgIpc) is 2.96. The van der Waals surface area contributed by atoms with Gasteiger partial charge in [-0.05, 0) is 0 Å². The molecule has 1 unspecified atom stereocenters. The number of hydrogen-bond acceptors (Lipinski definition) is 5. The molecule has 0 radical (unpaired) electrons. The van der Waals surface area contributed by atoms with Crippen LogP contribution in [0.3, 0.4) is 0 Å². The zero-order chi connectivity index (χ0) is 12.5. The Bertz CT molecular complexity index is 611. The molecule has 1 aliphatic heterocycles. The Morgan fingerprint density at radius 1 is 1.56 bits per heavy atom. The molecule has 2 aromatic rings. The molecule has 0 saturated heterocycles. The highest BCUT2D eigenvalue weighted by Gasteiger charge is 2.18. The lowest BCUT2D eigenvalue weighted by atomic mass is 10.1. The summed E-state index contributed by atoms with van der Waals surface area (Å²) in [6.07, 6.45) is 7.29. The van der Waals surface area contributed by atoms with Gasteiger partial charge in [0.25, 0.3) is 5.91 Å². The first-order valence-electron chi connectivity index (χ1n) is 5.40. The van der Waals surface area contributed by atoms with Gasteiger partial charge in [0.2, 0.25) is 5.82 Å². The van der Waals surface area contributed by atoms with E-state index in [0.29, 0.717) is 12.4 Å². The van der Waals surface area contributed by atoms with E-state index >= 15 is 0 Å². The number of aromatic amines is 1. The van der Waals surface area contributed by atoms with Crippen molar-refractivity contribution >= 4 is 17.9 Å². The molecule has 8 heteroatoms. The molecule has 0 bridgehead atoms. The summed E-state index contributed by atoms with van der Waals surface area (Å²) < 4.78 is 1.87. The van der Waals surface area contributed by atoms with Crippen molar-refractivity contribution in [3.8, 4) is 0 Å². The first-order valence-corrected chi connectivity index (χ1v) is 5.40. The summed E-state index contributed by atoms with van der Waals surface area (Å²) in [5, 5.41) is 9.72. The van der Waals surface area contributed by atoms with E-state index in [1.54, 1.807) is 12.5 Å². The van der Waals surface area contributed by atoms with Crippen LogP contribution < -0.4 is 11.1 Å². The van der Waals surface area contributed by atoms with Crippen LogP contribution in [-0.2, 0) is 0 Å². The first-order chi connectivity index (χ1) is 8.74. The van der Waals surface area contributed by atoms with Crippen LogP contribution in [0.25, 0.3) is 6.20 Å². The normalized spacial score (nSPS) is 17.9. The van der Waals surface area contributed by atoms with E-state index in [-0.39, 0.29) is 11.7 Å². The third-order valence-corrected chi connectivity index (χ3v) is 2.72. The fraction of sp³-hybridized carbons (Fsp3) is 0.200. The topological polar surface area (TPSA) is 115 Å². The van der Waals surface area contributed by atoms with Crippen molar-refractivity contribution < 1.29 is 4.79 Å². The molecule has 3 heterocycles. The minimum absolute atomic E-state index is 0.00363. The molecule has 3 rings (SSSR count). The molecular weight excluding hydrogens is 234 g/mol. The Kier molecular flexibility index (Phi) is 2.33. The van der Waals surface area contributed by atoms with E-state index in [9.17, 15) is 4.79 Å². The summed E-state index contributed by atoms with van der Waals surface area (Å²) in [4.78, 5) is 19.0. The van der Waals surface area contributed by atoms with E-state index in [1.165, 1.54) is 0 Å². The van der Waals surface area contributed by atoms with Crippen molar-refractivity contribution in [2.75, 3.05) is 11.9 Å². The predicted molar refractivity (Wildman–Crippen MR) is 63.7 cm³/mol. The zero-order valence-corrected chi connectivity index (χ0v) is 9.37. The summed E-state index contributed by atoms with van der Waals surface area (Å²) in [6.45, 7) is 0.635. The maximum absolute atomic E-state index is 10.9. The number of rotatable bonds is 2. The molecular formula is C10H11N7O. The van der Waals surface area contributed by atoms with E-state index < -0.39 is 5.91 Å². The number of nitrogens with one attached hydrogen (secondary N) is 2. The Labute approximate surface area is 102 Å².